The fraction of sp³-hybridized carbons (Fsp3) is 0.368. The standard InChI is InChI=1S/C19H22N4O7S3/c1-5-29-15-9-12(6-7-14(15)30-32(4,25)26)8-13-16(20)23-18(21-17(13)24)31-22-19(23)33(27,28)10-11(2)3/h6-9,11,20H,5,10H2,1-4H3. The van der Waals surface area contributed by atoms with E-state index in [-0.39, 0.29) is 51.5 Å². The second kappa shape index (κ2) is 9.27. The molecule has 1 N–H and O–H groups in total. The summed E-state index contributed by atoms with van der Waals surface area (Å²) in [6.45, 7) is 5.42. The Bertz CT molecular complexity index is 1310. The Morgan fingerprint density at radius 3 is 2.52 bits per heavy atom. The molecule has 2 heterocycles. The fourth-order valence-electron chi connectivity index (χ4n) is 2.99. The number of hydrogen-bond donors (Lipinski definition) is 1. The Balaban J connectivity index is 2.00. The summed E-state index contributed by atoms with van der Waals surface area (Å²) in [7, 11) is -7.61. The largest absolute Gasteiger partial charge is 0.490 e. The third-order valence-electron chi connectivity index (χ3n) is 4.14. The van der Waals surface area contributed by atoms with Gasteiger partial charge in [-0.2, -0.15) is 17.8 Å². The van der Waals surface area contributed by atoms with Gasteiger partial charge in [-0.05, 0) is 36.6 Å². The third kappa shape index (κ3) is 5.62. The second-order valence-electron chi connectivity index (χ2n) is 7.51. The first-order valence-corrected chi connectivity index (χ1v) is 13.9. The lowest BCUT2D eigenvalue weighted by molar-refractivity contribution is -0.114. The van der Waals surface area contributed by atoms with Crippen molar-refractivity contribution in [2.45, 2.75) is 20.8 Å². The van der Waals surface area contributed by atoms with Crippen LogP contribution in [0.5, 0.6) is 11.5 Å². The lowest BCUT2D eigenvalue weighted by Crippen LogP contribution is -2.46. The lowest BCUT2D eigenvalue weighted by atomic mass is 10.1. The molecule has 33 heavy (non-hydrogen) atoms. The van der Waals surface area contributed by atoms with Crippen LogP contribution in [0.25, 0.3) is 6.08 Å². The number of rotatable bonds is 7. The molecule has 0 aromatic heterocycles. The van der Waals surface area contributed by atoms with Crippen molar-refractivity contribution < 1.29 is 30.6 Å². The number of nitrogens with one attached hydrogen (secondary N) is 1. The van der Waals surface area contributed by atoms with Crippen LogP contribution in [0.2, 0.25) is 0 Å². The molecule has 1 amide bonds. The maximum Gasteiger partial charge on any atom is 0.306 e. The highest BCUT2D eigenvalue weighted by Crippen LogP contribution is 2.33. The summed E-state index contributed by atoms with van der Waals surface area (Å²) in [4.78, 5) is 17.5. The number of nitrogens with zero attached hydrogens (tertiary/aromatic N) is 3. The molecular weight excluding hydrogens is 492 g/mol. The van der Waals surface area contributed by atoms with Gasteiger partial charge in [-0.1, -0.05) is 19.9 Å². The SMILES string of the molecule is CCOc1cc(C=C2C(=N)N3C(=NC2=O)SN=C3S(=O)(=O)CC(C)C)ccc1OS(C)(=O)=O. The molecule has 0 unspecified atom stereocenters. The zero-order chi connectivity index (χ0) is 24.6. The van der Waals surface area contributed by atoms with Crippen molar-refractivity contribution in [2.75, 3.05) is 18.6 Å². The van der Waals surface area contributed by atoms with E-state index in [2.05, 4.69) is 9.39 Å². The molecule has 0 saturated carbocycles. The number of carbonyl (C=O) groups excluding carboxylic acids is 1. The van der Waals surface area contributed by atoms with Gasteiger partial charge in [-0.15, -0.1) is 0 Å². The van der Waals surface area contributed by atoms with E-state index in [1.165, 1.54) is 24.3 Å². The summed E-state index contributed by atoms with van der Waals surface area (Å²) in [6.07, 6.45) is 2.24. The van der Waals surface area contributed by atoms with Crippen molar-refractivity contribution in [1.29, 1.82) is 5.41 Å². The number of amidine groups is 3. The van der Waals surface area contributed by atoms with E-state index in [0.29, 0.717) is 5.56 Å². The zero-order valence-corrected chi connectivity index (χ0v) is 20.7. The minimum absolute atomic E-state index is 0.00335. The summed E-state index contributed by atoms with van der Waals surface area (Å²) < 4.78 is 62.7. The molecule has 0 atom stereocenters. The number of ether oxygens (including phenoxy) is 1. The van der Waals surface area contributed by atoms with E-state index < -0.39 is 25.9 Å². The van der Waals surface area contributed by atoms with Crippen molar-refractivity contribution in [3.63, 3.8) is 0 Å². The van der Waals surface area contributed by atoms with Crippen LogP contribution >= 0.6 is 11.9 Å². The van der Waals surface area contributed by atoms with Crippen LogP contribution in [0.1, 0.15) is 26.3 Å². The van der Waals surface area contributed by atoms with E-state index in [1.807, 2.05) is 0 Å². The fourth-order valence-corrected chi connectivity index (χ4v) is 6.19. The highest BCUT2D eigenvalue weighted by Gasteiger charge is 2.42. The van der Waals surface area contributed by atoms with Crippen LogP contribution in [-0.4, -0.2) is 62.4 Å². The third-order valence-corrected chi connectivity index (χ3v) is 7.38. The molecule has 1 aromatic rings. The van der Waals surface area contributed by atoms with E-state index in [4.69, 9.17) is 14.3 Å². The molecule has 14 heteroatoms. The number of carbonyl (C=O) groups is 1. The minimum atomic E-state index is -3.81. The van der Waals surface area contributed by atoms with Gasteiger partial charge in [-0.3, -0.25) is 10.2 Å². The first-order valence-electron chi connectivity index (χ1n) is 9.70. The molecule has 0 aliphatic carbocycles. The summed E-state index contributed by atoms with van der Waals surface area (Å²) in [5.74, 6) is -1.35. The number of fused-ring (bicyclic) bond motifs is 1. The summed E-state index contributed by atoms with van der Waals surface area (Å²) in [6, 6.07) is 4.27. The van der Waals surface area contributed by atoms with Crippen molar-refractivity contribution in [3.8, 4) is 11.5 Å². The normalized spacial score (nSPS) is 17.8. The van der Waals surface area contributed by atoms with Gasteiger partial charge in [-0.25, -0.2) is 13.3 Å². The van der Waals surface area contributed by atoms with Crippen LogP contribution in [0.15, 0.2) is 33.2 Å². The minimum Gasteiger partial charge on any atom is -0.490 e. The van der Waals surface area contributed by atoms with Gasteiger partial charge in [0.25, 0.3) is 5.91 Å². The average molecular weight is 515 g/mol. The molecule has 1 aromatic carbocycles. The van der Waals surface area contributed by atoms with Crippen LogP contribution in [0.4, 0.5) is 0 Å². The van der Waals surface area contributed by atoms with Crippen LogP contribution in [-0.2, 0) is 24.7 Å². The number of aliphatic imine (C=N–C) groups is 1. The van der Waals surface area contributed by atoms with Gasteiger partial charge in [0.1, 0.15) is 5.84 Å². The van der Waals surface area contributed by atoms with Gasteiger partial charge in [0.2, 0.25) is 20.2 Å². The molecule has 0 saturated heterocycles. The van der Waals surface area contributed by atoms with Crippen molar-refractivity contribution in [3.05, 3.63) is 29.3 Å². The van der Waals surface area contributed by atoms with E-state index in [0.717, 1.165) is 23.1 Å². The molecule has 0 bridgehead atoms. The number of sulfone groups is 1. The molecule has 2 aliphatic heterocycles. The quantitative estimate of drug-likeness (QED) is 0.327. The second-order valence-corrected chi connectivity index (χ2v) is 11.7. The number of amides is 1. The van der Waals surface area contributed by atoms with Crippen molar-refractivity contribution >= 4 is 60.1 Å². The number of hydrogen-bond acceptors (Lipinski definition) is 10. The van der Waals surface area contributed by atoms with Gasteiger partial charge in [0.05, 0.1) is 36.1 Å². The Labute approximate surface area is 196 Å². The average Bonchev–Trinajstić information content (AvgIpc) is 3.10. The molecule has 0 radical (unpaired) electrons. The van der Waals surface area contributed by atoms with E-state index in [1.54, 1.807) is 20.8 Å². The van der Waals surface area contributed by atoms with Crippen molar-refractivity contribution in [1.82, 2.24) is 4.90 Å². The molecule has 11 nitrogen and oxygen atoms in total. The molecule has 178 valence electrons. The molecule has 3 rings (SSSR count). The maximum atomic E-state index is 12.7. The number of benzene rings is 1. The summed E-state index contributed by atoms with van der Waals surface area (Å²) in [5.41, 5.74) is 0.231. The molecule has 2 aliphatic rings. The topological polar surface area (TPSA) is 156 Å². The Hall–Kier alpha value is -2.71. The zero-order valence-electron chi connectivity index (χ0n) is 18.2. The lowest BCUT2D eigenvalue weighted by Gasteiger charge is -2.24. The van der Waals surface area contributed by atoms with Crippen LogP contribution in [0, 0.1) is 11.3 Å². The van der Waals surface area contributed by atoms with Crippen LogP contribution in [0.3, 0.4) is 0 Å². The Morgan fingerprint density at radius 2 is 1.91 bits per heavy atom. The molecule has 0 spiro atoms. The Morgan fingerprint density at radius 1 is 1.21 bits per heavy atom. The van der Waals surface area contributed by atoms with Gasteiger partial charge >= 0.3 is 10.1 Å². The monoisotopic (exact) mass is 514 g/mol. The highest BCUT2D eigenvalue weighted by molar-refractivity contribution is 8.16. The maximum absolute atomic E-state index is 12.7. The van der Waals surface area contributed by atoms with Crippen molar-refractivity contribution in [2.24, 2.45) is 15.3 Å². The highest BCUT2D eigenvalue weighted by atomic mass is 32.2. The van der Waals surface area contributed by atoms with E-state index >= 15 is 0 Å². The summed E-state index contributed by atoms with van der Waals surface area (Å²) >= 11 is 0.723. The predicted molar refractivity (Wildman–Crippen MR) is 127 cm³/mol. The first kappa shape index (κ1) is 24.9. The van der Waals surface area contributed by atoms with Gasteiger partial charge in [0.15, 0.2) is 11.5 Å². The smallest absolute Gasteiger partial charge is 0.306 e. The van der Waals surface area contributed by atoms with Gasteiger partial charge in [0, 0.05) is 0 Å². The molecule has 0 fully saturated rings. The molecular formula is C19H22N4O7S3. The predicted octanol–water partition coefficient (Wildman–Crippen LogP) is 2.07. The Kier molecular flexibility index (Phi) is 7.00. The van der Waals surface area contributed by atoms with E-state index in [9.17, 15) is 21.6 Å². The first-order chi connectivity index (χ1) is 15.3. The van der Waals surface area contributed by atoms with Gasteiger partial charge < -0.3 is 8.92 Å². The van der Waals surface area contributed by atoms with Crippen LogP contribution < -0.4 is 8.92 Å². The summed E-state index contributed by atoms with van der Waals surface area (Å²) in [5, 5.41) is 8.16.